The molecule has 2 rings (SSSR count). The Labute approximate surface area is 120 Å². The summed E-state index contributed by atoms with van der Waals surface area (Å²) in [4.78, 5) is 11.9. The number of hydrogen-bond donors (Lipinski definition) is 2. The quantitative estimate of drug-likeness (QED) is 0.893. The molecule has 2 N–H and O–H groups in total. The highest BCUT2D eigenvalue weighted by molar-refractivity contribution is 9.11. The van der Waals surface area contributed by atoms with Crippen molar-refractivity contribution in [3.05, 3.63) is 20.8 Å². The second kappa shape index (κ2) is 5.72. The lowest BCUT2D eigenvalue weighted by Gasteiger charge is -2.34. The van der Waals surface area contributed by atoms with Crippen molar-refractivity contribution in [1.29, 1.82) is 0 Å². The smallest absolute Gasteiger partial charge is 0.252 e. The molecule has 0 saturated heterocycles. The summed E-state index contributed by atoms with van der Waals surface area (Å²) in [5.41, 5.74) is -0.0604. The molecule has 0 aromatic carbocycles. The predicted molar refractivity (Wildman–Crippen MR) is 76.9 cm³/mol. The summed E-state index contributed by atoms with van der Waals surface area (Å²) in [5, 5.41) is 15.0. The first-order valence-electron chi connectivity index (χ1n) is 6.23. The second-order valence-electron chi connectivity index (χ2n) is 5.23. The molecule has 18 heavy (non-hydrogen) atoms. The van der Waals surface area contributed by atoms with Gasteiger partial charge in [-0.05, 0) is 53.6 Å². The summed E-state index contributed by atoms with van der Waals surface area (Å²) >= 11 is 4.82. The Morgan fingerprint density at radius 3 is 2.83 bits per heavy atom. The number of carbonyl (C=O) groups excluding carboxylic acids is 1. The monoisotopic (exact) mass is 331 g/mol. The molecule has 1 heterocycles. The molecule has 1 aromatic rings. The van der Waals surface area contributed by atoms with Gasteiger partial charge in [0.25, 0.3) is 5.91 Å². The highest BCUT2D eigenvalue weighted by atomic mass is 79.9. The topological polar surface area (TPSA) is 49.3 Å². The summed E-state index contributed by atoms with van der Waals surface area (Å²) < 4.78 is 0.942. The highest BCUT2D eigenvalue weighted by Gasteiger charge is 2.32. The van der Waals surface area contributed by atoms with Crippen molar-refractivity contribution in [2.75, 3.05) is 6.54 Å². The Balaban J connectivity index is 1.86. The molecule has 1 saturated carbocycles. The van der Waals surface area contributed by atoms with E-state index in [0.29, 0.717) is 18.0 Å². The van der Waals surface area contributed by atoms with Crippen LogP contribution in [0.5, 0.6) is 0 Å². The second-order valence-corrected chi connectivity index (χ2v) is 7.52. The number of thiophene rings is 1. The van der Waals surface area contributed by atoms with E-state index in [0.717, 1.165) is 29.5 Å². The standard InChI is InChI=1S/C13H18BrNO2S/c1-9-2-4-13(17,5-3-9)8-15-12(16)10-6-11(14)18-7-10/h6-7,9,17H,2-5,8H2,1H3,(H,15,16). The van der Waals surface area contributed by atoms with Gasteiger partial charge >= 0.3 is 0 Å². The van der Waals surface area contributed by atoms with Crippen LogP contribution in [0, 0.1) is 5.92 Å². The molecule has 100 valence electrons. The van der Waals surface area contributed by atoms with E-state index < -0.39 is 5.60 Å². The van der Waals surface area contributed by atoms with Crippen LogP contribution in [0.2, 0.25) is 0 Å². The first-order valence-corrected chi connectivity index (χ1v) is 7.90. The minimum atomic E-state index is -0.713. The van der Waals surface area contributed by atoms with Gasteiger partial charge in [0.15, 0.2) is 0 Å². The third kappa shape index (κ3) is 3.56. The molecule has 1 fully saturated rings. The zero-order valence-electron chi connectivity index (χ0n) is 10.4. The zero-order valence-corrected chi connectivity index (χ0v) is 12.8. The van der Waals surface area contributed by atoms with E-state index in [-0.39, 0.29) is 5.91 Å². The van der Waals surface area contributed by atoms with Crippen LogP contribution < -0.4 is 5.32 Å². The van der Waals surface area contributed by atoms with Gasteiger partial charge in [-0.15, -0.1) is 11.3 Å². The van der Waals surface area contributed by atoms with Gasteiger partial charge in [0, 0.05) is 11.9 Å². The van der Waals surface area contributed by atoms with Gasteiger partial charge < -0.3 is 10.4 Å². The van der Waals surface area contributed by atoms with Crippen LogP contribution in [0.1, 0.15) is 43.0 Å². The van der Waals surface area contributed by atoms with E-state index in [1.54, 1.807) is 6.07 Å². The molecule has 0 radical (unpaired) electrons. The predicted octanol–water partition coefficient (Wildman–Crippen LogP) is 3.18. The average Bonchev–Trinajstić information content (AvgIpc) is 2.77. The van der Waals surface area contributed by atoms with Crippen molar-refractivity contribution in [2.45, 2.75) is 38.2 Å². The van der Waals surface area contributed by atoms with Crippen molar-refractivity contribution in [1.82, 2.24) is 5.32 Å². The normalized spacial score (nSPS) is 28.1. The summed E-state index contributed by atoms with van der Waals surface area (Å²) in [7, 11) is 0. The van der Waals surface area contributed by atoms with Gasteiger partial charge in [0.2, 0.25) is 0 Å². The van der Waals surface area contributed by atoms with Gasteiger partial charge in [0.1, 0.15) is 0 Å². The molecule has 0 bridgehead atoms. The fourth-order valence-corrected chi connectivity index (χ4v) is 3.39. The van der Waals surface area contributed by atoms with Crippen molar-refractivity contribution >= 4 is 33.2 Å². The summed E-state index contributed by atoms with van der Waals surface area (Å²) in [5.74, 6) is 0.581. The van der Waals surface area contributed by atoms with E-state index in [1.165, 1.54) is 11.3 Å². The molecule has 3 nitrogen and oxygen atoms in total. The average molecular weight is 332 g/mol. The Morgan fingerprint density at radius 1 is 1.61 bits per heavy atom. The first kappa shape index (κ1) is 14.0. The van der Waals surface area contributed by atoms with Crippen molar-refractivity contribution in [2.24, 2.45) is 5.92 Å². The Kier molecular flexibility index (Phi) is 4.45. The number of amides is 1. The van der Waals surface area contributed by atoms with Crippen molar-refractivity contribution < 1.29 is 9.90 Å². The molecule has 0 aliphatic heterocycles. The fourth-order valence-electron chi connectivity index (χ4n) is 2.25. The molecule has 1 aromatic heterocycles. The molecular weight excluding hydrogens is 314 g/mol. The van der Waals surface area contributed by atoms with Crippen LogP contribution >= 0.6 is 27.3 Å². The van der Waals surface area contributed by atoms with Crippen LogP contribution in [0.4, 0.5) is 0 Å². The molecule has 1 aliphatic carbocycles. The minimum Gasteiger partial charge on any atom is -0.388 e. The van der Waals surface area contributed by atoms with E-state index in [2.05, 4.69) is 28.2 Å². The minimum absolute atomic E-state index is 0.107. The van der Waals surface area contributed by atoms with Gasteiger partial charge in [0.05, 0.1) is 15.0 Å². The molecule has 1 aliphatic rings. The van der Waals surface area contributed by atoms with E-state index in [1.807, 2.05) is 5.38 Å². The largest absolute Gasteiger partial charge is 0.388 e. The molecule has 0 spiro atoms. The van der Waals surface area contributed by atoms with Crippen LogP contribution in [0.15, 0.2) is 15.2 Å². The Hall–Kier alpha value is -0.390. The molecule has 5 heteroatoms. The van der Waals surface area contributed by atoms with Gasteiger partial charge in [-0.25, -0.2) is 0 Å². The van der Waals surface area contributed by atoms with E-state index in [9.17, 15) is 9.90 Å². The number of rotatable bonds is 3. The van der Waals surface area contributed by atoms with Crippen LogP contribution in [0.25, 0.3) is 0 Å². The van der Waals surface area contributed by atoms with Crippen molar-refractivity contribution in [3.63, 3.8) is 0 Å². The molecule has 0 unspecified atom stereocenters. The SMILES string of the molecule is CC1CCC(O)(CNC(=O)c2csc(Br)c2)CC1. The summed E-state index contributed by atoms with van der Waals surface area (Å²) in [6, 6.07) is 1.80. The molecular formula is C13H18BrNO2S. The van der Waals surface area contributed by atoms with Gasteiger partial charge in [-0.3, -0.25) is 4.79 Å². The molecule has 1 amide bonds. The number of nitrogens with one attached hydrogen (secondary N) is 1. The van der Waals surface area contributed by atoms with Crippen LogP contribution in [0.3, 0.4) is 0 Å². The lowest BCUT2D eigenvalue weighted by atomic mass is 9.79. The fraction of sp³-hybridized carbons (Fsp3) is 0.615. The maximum atomic E-state index is 11.9. The Morgan fingerprint density at radius 2 is 2.28 bits per heavy atom. The third-order valence-electron chi connectivity index (χ3n) is 3.61. The van der Waals surface area contributed by atoms with Crippen molar-refractivity contribution in [3.8, 4) is 0 Å². The highest BCUT2D eigenvalue weighted by Crippen LogP contribution is 2.31. The number of carbonyl (C=O) groups is 1. The van der Waals surface area contributed by atoms with Crippen LogP contribution in [-0.4, -0.2) is 23.2 Å². The number of hydrogen-bond acceptors (Lipinski definition) is 3. The Bertz CT molecular complexity index is 424. The first-order chi connectivity index (χ1) is 8.48. The third-order valence-corrected chi connectivity index (χ3v) is 5.12. The van der Waals surface area contributed by atoms with E-state index in [4.69, 9.17) is 0 Å². The van der Waals surface area contributed by atoms with Gasteiger partial charge in [-0.2, -0.15) is 0 Å². The maximum absolute atomic E-state index is 11.9. The number of aliphatic hydroxyl groups is 1. The number of halogens is 1. The van der Waals surface area contributed by atoms with Gasteiger partial charge in [-0.1, -0.05) is 6.92 Å². The lowest BCUT2D eigenvalue weighted by molar-refractivity contribution is -0.00539. The summed E-state index contributed by atoms with van der Waals surface area (Å²) in [6.07, 6.45) is 3.64. The maximum Gasteiger partial charge on any atom is 0.252 e. The molecule has 0 atom stereocenters. The lowest BCUT2D eigenvalue weighted by Crippen LogP contribution is -2.45. The van der Waals surface area contributed by atoms with Crippen LogP contribution in [-0.2, 0) is 0 Å². The zero-order chi connectivity index (χ0) is 13.2. The van der Waals surface area contributed by atoms with E-state index >= 15 is 0 Å². The summed E-state index contributed by atoms with van der Waals surface area (Å²) in [6.45, 7) is 2.56.